The topological polar surface area (TPSA) is 123 Å². The number of anilines is 3. The maximum atomic E-state index is 11.1. The minimum atomic E-state index is -0.483. The highest BCUT2D eigenvalue weighted by Crippen LogP contribution is 2.36. The second-order valence-electron chi connectivity index (χ2n) is 4.95. The molecule has 0 bridgehead atoms. The van der Waals surface area contributed by atoms with E-state index in [0.717, 1.165) is 17.4 Å². The standard InChI is InChI=1S/C15H12N6O3S2/c1-9(22)17-10-4-2-5-11(8-10)18-14-19-20-15(26-14)25-13-12(21(23)24)6-3-7-16-13/h2-8H,1H3,(H,17,22)(H,18,19). The Morgan fingerprint density at radius 2 is 2.04 bits per heavy atom. The first-order valence-corrected chi connectivity index (χ1v) is 8.90. The number of pyridine rings is 1. The predicted octanol–water partition coefficient (Wildman–Crippen LogP) is 3.69. The molecule has 0 saturated carbocycles. The lowest BCUT2D eigenvalue weighted by Gasteiger charge is -2.05. The van der Waals surface area contributed by atoms with Gasteiger partial charge in [-0.1, -0.05) is 17.4 Å². The number of hydrogen-bond acceptors (Lipinski definition) is 9. The molecule has 0 aliphatic heterocycles. The monoisotopic (exact) mass is 388 g/mol. The van der Waals surface area contributed by atoms with E-state index in [2.05, 4.69) is 25.8 Å². The van der Waals surface area contributed by atoms with Gasteiger partial charge in [0.15, 0.2) is 9.37 Å². The Bertz CT molecular complexity index is 962. The van der Waals surface area contributed by atoms with Crippen molar-refractivity contribution in [2.24, 2.45) is 0 Å². The van der Waals surface area contributed by atoms with Crippen molar-refractivity contribution < 1.29 is 9.72 Å². The third-order valence-electron chi connectivity index (χ3n) is 2.97. The van der Waals surface area contributed by atoms with Crippen molar-refractivity contribution in [3.8, 4) is 0 Å². The van der Waals surface area contributed by atoms with Gasteiger partial charge in [-0.25, -0.2) is 4.98 Å². The minimum Gasteiger partial charge on any atom is -0.330 e. The summed E-state index contributed by atoms with van der Waals surface area (Å²) in [5.41, 5.74) is 1.31. The molecule has 1 aromatic carbocycles. The minimum absolute atomic E-state index is 0.0785. The van der Waals surface area contributed by atoms with E-state index in [1.807, 2.05) is 6.07 Å². The quantitative estimate of drug-likeness (QED) is 0.484. The molecule has 26 heavy (non-hydrogen) atoms. The zero-order chi connectivity index (χ0) is 18.5. The van der Waals surface area contributed by atoms with E-state index in [1.165, 1.54) is 36.6 Å². The van der Waals surface area contributed by atoms with Gasteiger partial charge >= 0.3 is 5.69 Å². The highest BCUT2D eigenvalue weighted by Gasteiger charge is 2.17. The highest BCUT2D eigenvalue weighted by molar-refractivity contribution is 8.01. The van der Waals surface area contributed by atoms with Crippen LogP contribution in [0.15, 0.2) is 52.0 Å². The summed E-state index contributed by atoms with van der Waals surface area (Å²) in [6.07, 6.45) is 1.49. The molecule has 0 radical (unpaired) electrons. The molecule has 3 aromatic rings. The molecule has 0 aliphatic rings. The maximum Gasteiger partial charge on any atom is 0.301 e. The van der Waals surface area contributed by atoms with Crippen LogP contribution in [-0.4, -0.2) is 26.0 Å². The Labute approximate surface area is 156 Å². The van der Waals surface area contributed by atoms with E-state index >= 15 is 0 Å². The lowest BCUT2D eigenvalue weighted by atomic mass is 10.3. The Hall–Kier alpha value is -3.05. The fraction of sp³-hybridized carbons (Fsp3) is 0.0667. The molecule has 132 valence electrons. The molecule has 0 fully saturated rings. The van der Waals surface area contributed by atoms with Gasteiger partial charge in [-0.2, -0.15) is 0 Å². The van der Waals surface area contributed by atoms with Crippen LogP contribution in [0.2, 0.25) is 0 Å². The summed E-state index contributed by atoms with van der Waals surface area (Å²) < 4.78 is 0.521. The first-order chi connectivity index (χ1) is 12.5. The molecule has 0 atom stereocenters. The number of aromatic nitrogens is 3. The van der Waals surface area contributed by atoms with Crippen molar-refractivity contribution in [2.75, 3.05) is 10.6 Å². The number of hydrogen-bond donors (Lipinski definition) is 2. The van der Waals surface area contributed by atoms with E-state index in [1.54, 1.807) is 18.2 Å². The van der Waals surface area contributed by atoms with Crippen molar-refractivity contribution in [1.82, 2.24) is 15.2 Å². The summed E-state index contributed by atoms with van der Waals surface area (Å²) in [4.78, 5) is 25.7. The number of benzene rings is 1. The molecular formula is C15H12N6O3S2. The number of carbonyl (C=O) groups excluding carboxylic acids is 1. The summed E-state index contributed by atoms with van der Waals surface area (Å²) in [7, 11) is 0. The van der Waals surface area contributed by atoms with E-state index in [0.29, 0.717) is 15.2 Å². The number of nitrogens with one attached hydrogen (secondary N) is 2. The second-order valence-corrected chi connectivity index (χ2v) is 7.16. The summed E-state index contributed by atoms with van der Waals surface area (Å²) in [5, 5.41) is 25.6. The summed E-state index contributed by atoms with van der Waals surface area (Å²) in [5.74, 6) is -0.159. The number of amides is 1. The Morgan fingerprint density at radius 3 is 2.81 bits per heavy atom. The van der Waals surface area contributed by atoms with Crippen LogP contribution in [0.3, 0.4) is 0 Å². The average molecular weight is 388 g/mol. The molecule has 0 aliphatic carbocycles. The first-order valence-electron chi connectivity index (χ1n) is 7.27. The average Bonchev–Trinajstić information content (AvgIpc) is 3.02. The first kappa shape index (κ1) is 17.8. The summed E-state index contributed by atoms with van der Waals surface area (Å²) in [6, 6.07) is 10.1. The molecule has 9 nitrogen and oxygen atoms in total. The Kier molecular flexibility index (Phi) is 5.39. The summed E-state index contributed by atoms with van der Waals surface area (Å²) >= 11 is 2.32. The molecule has 2 heterocycles. The Balaban J connectivity index is 1.73. The number of carbonyl (C=O) groups is 1. The molecule has 0 unspecified atom stereocenters. The molecule has 2 N–H and O–H groups in total. The molecular weight excluding hydrogens is 376 g/mol. The molecule has 0 spiro atoms. The van der Waals surface area contributed by atoms with E-state index < -0.39 is 4.92 Å². The van der Waals surface area contributed by atoms with Gasteiger partial charge in [-0.3, -0.25) is 14.9 Å². The fourth-order valence-corrected chi connectivity index (χ4v) is 3.73. The zero-order valence-corrected chi connectivity index (χ0v) is 15.0. The normalized spacial score (nSPS) is 10.3. The van der Waals surface area contributed by atoms with Crippen LogP contribution in [0.25, 0.3) is 0 Å². The number of rotatable bonds is 6. The van der Waals surface area contributed by atoms with E-state index in [9.17, 15) is 14.9 Å². The van der Waals surface area contributed by atoms with Crippen molar-refractivity contribution in [3.05, 3.63) is 52.7 Å². The van der Waals surface area contributed by atoms with Gasteiger partial charge in [0.25, 0.3) is 0 Å². The van der Waals surface area contributed by atoms with Gasteiger partial charge in [0.1, 0.15) is 0 Å². The fourth-order valence-electron chi connectivity index (χ4n) is 1.99. The molecule has 0 saturated heterocycles. The highest BCUT2D eigenvalue weighted by atomic mass is 32.2. The van der Waals surface area contributed by atoms with Crippen LogP contribution in [0.4, 0.5) is 22.2 Å². The van der Waals surface area contributed by atoms with Crippen molar-refractivity contribution in [2.45, 2.75) is 16.3 Å². The second kappa shape index (κ2) is 7.89. The molecule has 3 rings (SSSR count). The van der Waals surface area contributed by atoms with Crippen LogP contribution in [-0.2, 0) is 4.79 Å². The van der Waals surface area contributed by atoms with Gasteiger partial charge in [0.05, 0.1) is 4.92 Å². The lowest BCUT2D eigenvalue weighted by molar-refractivity contribution is -0.388. The van der Waals surface area contributed by atoms with Gasteiger partial charge in [0.2, 0.25) is 11.0 Å². The lowest BCUT2D eigenvalue weighted by Crippen LogP contribution is -2.05. The van der Waals surface area contributed by atoms with Crippen LogP contribution >= 0.6 is 23.1 Å². The van der Waals surface area contributed by atoms with Gasteiger partial charge < -0.3 is 10.6 Å². The third-order valence-corrected chi connectivity index (χ3v) is 4.87. The Morgan fingerprint density at radius 1 is 1.23 bits per heavy atom. The van der Waals surface area contributed by atoms with Crippen LogP contribution in [0.1, 0.15) is 6.92 Å². The SMILES string of the molecule is CC(=O)Nc1cccc(Nc2nnc(Sc3ncccc3[N+](=O)[O-])s2)c1. The van der Waals surface area contributed by atoms with Crippen molar-refractivity contribution in [1.29, 1.82) is 0 Å². The van der Waals surface area contributed by atoms with Crippen molar-refractivity contribution in [3.63, 3.8) is 0 Å². The largest absolute Gasteiger partial charge is 0.330 e. The van der Waals surface area contributed by atoms with Crippen LogP contribution in [0, 0.1) is 10.1 Å². The molecule has 11 heteroatoms. The third kappa shape index (κ3) is 4.52. The number of nitrogens with zero attached hydrogens (tertiary/aromatic N) is 4. The molecule has 1 amide bonds. The van der Waals surface area contributed by atoms with Crippen molar-refractivity contribution >= 4 is 51.2 Å². The van der Waals surface area contributed by atoms with Gasteiger partial charge in [-0.15, -0.1) is 10.2 Å². The zero-order valence-electron chi connectivity index (χ0n) is 13.4. The van der Waals surface area contributed by atoms with Gasteiger partial charge in [0, 0.05) is 30.6 Å². The van der Waals surface area contributed by atoms with Crippen LogP contribution < -0.4 is 10.6 Å². The molecule has 2 aromatic heterocycles. The maximum absolute atomic E-state index is 11.1. The van der Waals surface area contributed by atoms with Gasteiger partial charge in [-0.05, 0) is 36.0 Å². The van der Waals surface area contributed by atoms with E-state index in [-0.39, 0.29) is 16.6 Å². The predicted molar refractivity (Wildman–Crippen MR) is 99.0 cm³/mol. The number of nitro groups is 1. The van der Waals surface area contributed by atoms with Crippen LogP contribution in [0.5, 0.6) is 0 Å². The smallest absolute Gasteiger partial charge is 0.301 e. The summed E-state index contributed by atoms with van der Waals surface area (Å²) in [6.45, 7) is 1.44. The van der Waals surface area contributed by atoms with E-state index in [4.69, 9.17) is 0 Å².